The van der Waals surface area contributed by atoms with Crippen LogP contribution in [0.1, 0.15) is 19.8 Å². The molecule has 1 amide bonds. The Morgan fingerprint density at radius 2 is 2.04 bits per heavy atom. The molecule has 1 aromatic carbocycles. The van der Waals surface area contributed by atoms with Crippen LogP contribution in [0.3, 0.4) is 0 Å². The molecule has 0 saturated carbocycles. The molecule has 0 radical (unpaired) electrons. The molecule has 0 aliphatic carbocycles. The van der Waals surface area contributed by atoms with Gasteiger partial charge in [-0.15, -0.1) is 0 Å². The molecule has 138 valence electrons. The number of hydrogen-bond donors (Lipinski definition) is 3. The van der Waals surface area contributed by atoms with Gasteiger partial charge in [0, 0.05) is 24.7 Å². The van der Waals surface area contributed by atoms with E-state index in [0.717, 1.165) is 11.4 Å². The van der Waals surface area contributed by atoms with Crippen molar-refractivity contribution in [3.63, 3.8) is 0 Å². The van der Waals surface area contributed by atoms with Crippen molar-refractivity contribution in [1.29, 1.82) is 0 Å². The topological polar surface area (TPSA) is 96.5 Å². The molecule has 7 nitrogen and oxygen atoms in total. The minimum absolute atomic E-state index is 0.0316. The number of carbonyl (C=O) groups excluding carboxylic acids is 1. The summed E-state index contributed by atoms with van der Waals surface area (Å²) in [5.41, 5.74) is 0.821. The van der Waals surface area contributed by atoms with Gasteiger partial charge in [0.05, 0.1) is 18.1 Å². The fourth-order valence-electron chi connectivity index (χ4n) is 2.47. The zero-order chi connectivity index (χ0) is 18.3. The zero-order valence-corrected chi connectivity index (χ0v) is 15.7. The first kappa shape index (κ1) is 19.5. The molecule has 9 heteroatoms. The molecule has 1 aliphatic rings. The van der Waals surface area contributed by atoms with Crippen LogP contribution in [0, 0.1) is 0 Å². The minimum Gasteiger partial charge on any atom is -0.494 e. The third kappa shape index (κ3) is 6.87. The van der Waals surface area contributed by atoms with Crippen LogP contribution in [-0.2, 0) is 14.6 Å². The van der Waals surface area contributed by atoms with E-state index in [-0.39, 0.29) is 29.9 Å². The number of ether oxygens (including phenoxy) is 1. The highest BCUT2D eigenvalue weighted by Gasteiger charge is 2.28. The molecule has 0 bridgehead atoms. The lowest BCUT2D eigenvalue weighted by Gasteiger charge is -2.13. The summed E-state index contributed by atoms with van der Waals surface area (Å²) >= 11 is 5.18. The highest BCUT2D eigenvalue weighted by Crippen LogP contribution is 2.15. The van der Waals surface area contributed by atoms with E-state index in [1.54, 1.807) is 0 Å². The normalized spacial score (nSPS) is 18.4. The van der Waals surface area contributed by atoms with E-state index >= 15 is 0 Å². The maximum atomic E-state index is 11.8. The lowest BCUT2D eigenvalue weighted by atomic mass is 10.2. The Kier molecular flexibility index (Phi) is 7.01. The molecule has 1 heterocycles. The maximum absolute atomic E-state index is 11.8. The summed E-state index contributed by atoms with van der Waals surface area (Å²) in [6, 6.07) is 7.12. The standard InChI is InChI=1S/C16H23N3O4S2/c1-2-23-14-5-3-12(4-6-14)19-16(24)17-9-7-15(20)18-13-8-10-25(21,22)11-13/h3-6,13H,2,7-11H2,1H3,(H,18,20)(H2,17,19,24). The van der Waals surface area contributed by atoms with Gasteiger partial charge in [-0.25, -0.2) is 8.42 Å². The number of thiocarbonyl (C=S) groups is 1. The van der Waals surface area contributed by atoms with Crippen molar-refractivity contribution in [1.82, 2.24) is 10.6 Å². The molecule has 1 fully saturated rings. The van der Waals surface area contributed by atoms with Crippen molar-refractivity contribution < 1.29 is 17.9 Å². The number of anilines is 1. The fourth-order valence-corrected chi connectivity index (χ4v) is 4.37. The molecule has 1 atom stereocenters. The van der Waals surface area contributed by atoms with Gasteiger partial charge in [0.1, 0.15) is 5.75 Å². The Morgan fingerprint density at radius 1 is 1.32 bits per heavy atom. The van der Waals surface area contributed by atoms with Crippen LogP contribution in [0.15, 0.2) is 24.3 Å². The van der Waals surface area contributed by atoms with Gasteiger partial charge in [0.2, 0.25) is 5.91 Å². The number of rotatable bonds is 7. The van der Waals surface area contributed by atoms with Crippen molar-refractivity contribution in [2.75, 3.05) is 30.0 Å². The smallest absolute Gasteiger partial charge is 0.222 e. The van der Waals surface area contributed by atoms with Crippen LogP contribution in [0.5, 0.6) is 5.75 Å². The van der Waals surface area contributed by atoms with Crippen molar-refractivity contribution >= 4 is 38.8 Å². The first-order chi connectivity index (χ1) is 11.9. The first-order valence-electron chi connectivity index (χ1n) is 8.15. The Morgan fingerprint density at radius 3 is 2.64 bits per heavy atom. The van der Waals surface area contributed by atoms with Gasteiger partial charge >= 0.3 is 0 Å². The van der Waals surface area contributed by atoms with Crippen molar-refractivity contribution in [2.45, 2.75) is 25.8 Å². The molecule has 1 aromatic rings. The van der Waals surface area contributed by atoms with E-state index in [0.29, 0.717) is 24.7 Å². The average Bonchev–Trinajstić information content (AvgIpc) is 2.88. The van der Waals surface area contributed by atoms with Crippen molar-refractivity contribution in [3.8, 4) is 5.75 Å². The highest BCUT2D eigenvalue weighted by molar-refractivity contribution is 7.91. The Labute approximate surface area is 153 Å². The van der Waals surface area contributed by atoms with Gasteiger partial charge in [0.15, 0.2) is 14.9 Å². The number of amides is 1. The highest BCUT2D eigenvalue weighted by atomic mass is 32.2. The molecule has 1 unspecified atom stereocenters. The predicted molar refractivity (Wildman–Crippen MR) is 102 cm³/mol. The SMILES string of the molecule is CCOc1ccc(NC(=S)NCCC(=O)NC2CCS(=O)(=O)C2)cc1. The van der Waals surface area contributed by atoms with Crippen LogP contribution < -0.4 is 20.7 Å². The van der Waals surface area contributed by atoms with Crippen LogP contribution in [0.2, 0.25) is 0 Å². The molecule has 0 spiro atoms. The number of carbonyl (C=O) groups is 1. The van der Waals surface area contributed by atoms with E-state index in [1.807, 2.05) is 31.2 Å². The zero-order valence-electron chi connectivity index (χ0n) is 14.1. The van der Waals surface area contributed by atoms with E-state index in [9.17, 15) is 13.2 Å². The summed E-state index contributed by atoms with van der Waals surface area (Å²) in [4.78, 5) is 11.8. The largest absolute Gasteiger partial charge is 0.494 e. The van der Waals surface area contributed by atoms with E-state index in [1.165, 1.54) is 0 Å². The lowest BCUT2D eigenvalue weighted by molar-refractivity contribution is -0.121. The van der Waals surface area contributed by atoms with Gasteiger partial charge in [-0.1, -0.05) is 0 Å². The van der Waals surface area contributed by atoms with Crippen LogP contribution in [-0.4, -0.2) is 50.1 Å². The van der Waals surface area contributed by atoms with E-state index < -0.39 is 9.84 Å². The summed E-state index contributed by atoms with van der Waals surface area (Å²) in [7, 11) is -2.99. The number of hydrogen-bond acceptors (Lipinski definition) is 5. The van der Waals surface area contributed by atoms with Crippen LogP contribution in [0.25, 0.3) is 0 Å². The average molecular weight is 386 g/mol. The Hall–Kier alpha value is -1.87. The summed E-state index contributed by atoms with van der Waals surface area (Å²) < 4.78 is 28.1. The summed E-state index contributed by atoms with van der Waals surface area (Å²) in [6.45, 7) is 2.91. The van der Waals surface area contributed by atoms with Gasteiger partial charge < -0.3 is 20.7 Å². The third-order valence-electron chi connectivity index (χ3n) is 3.66. The summed E-state index contributed by atoms with van der Waals surface area (Å²) in [5, 5.41) is 9.13. The Balaban J connectivity index is 1.65. The third-order valence-corrected chi connectivity index (χ3v) is 5.67. The van der Waals surface area contributed by atoms with Gasteiger partial charge in [0.25, 0.3) is 0 Å². The van der Waals surface area contributed by atoms with Crippen LogP contribution >= 0.6 is 12.2 Å². The molecule has 25 heavy (non-hydrogen) atoms. The monoisotopic (exact) mass is 385 g/mol. The van der Waals surface area contributed by atoms with Crippen molar-refractivity contribution in [2.24, 2.45) is 0 Å². The molecule has 3 N–H and O–H groups in total. The summed E-state index contributed by atoms with van der Waals surface area (Å²) in [5.74, 6) is 0.784. The van der Waals surface area contributed by atoms with E-state index in [2.05, 4.69) is 16.0 Å². The molecular formula is C16H23N3O4S2. The number of sulfone groups is 1. The maximum Gasteiger partial charge on any atom is 0.222 e. The second kappa shape index (κ2) is 9.00. The molecule has 1 saturated heterocycles. The molecular weight excluding hydrogens is 362 g/mol. The van der Waals surface area contributed by atoms with E-state index in [4.69, 9.17) is 17.0 Å². The van der Waals surface area contributed by atoms with Crippen molar-refractivity contribution in [3.05, 3.63) is 24.3 Å². The predicted octanol–water partition coefficient (Wildman–Crippen LogP) is 1.07. The second-order valence-electron chi connectivity index (χ2n) is 5.76. The minimum atomic E-state index is -2.99. The number of nitrogens with one attached hydrogen (secondary N) is 3. The van der Waals surface area contributed by atoms with Gasteiger partial charge in [-0.2, -0.15) is 0 Å². The first-order valence-corrected chi connectivity index (χ1v) is 10.4. The lowest BCUT2D eigenvalue weighted by Crippen LogP contribution is -2.38. The Bertz CT molecular complexity index is 705. The number of benzene rings is 1. The molecule has 1 aliphatic heterocycles. The molecule has 2 rings (SSSR count). The van der Waals surface area contributed by atoms with Crippen LogP contribution in [0.4, 0.5) is 5.69 Å². The van der Waals surface area contributed by atoms with Gasteiger partial charge in [-0.05, 0) is 49.8 Å². The van der Waals surface area contributed by atoms with Gasteiger partial charge in [-0.3, -0.25) is 4.79 Å². The molecule has 0 aromatic heterocycles. The summed E-state index contributed by atoms with van der Waals surface area (Å²) in [6.07, 6.45) is 0.709. The second-order valence-corrected chi connectivity index (χ2v) is 8.39. The fraction of sp³-hybridized carbons (Fsp3) is 0.500. The quantitative estimate of drug-likeness (QED) is 0.604.